The number of hydrogen-bond donors (Lipinski definition) is 1. The number of nitrogens with one attached hydrogen (secondary N) is 1. The Labute approximate surface area is 212 Å². The number of esters is 1. The fourth-order valence-corrected chi connectivity index (χ4v) is 6.83. The Morgan fingerprint density at radius 3 is 2.67 bits per heavy atom. The topological polar surface area (TPSA) is 106 Å². The zero-order valence-electron chi connectivity index (χ0n) is 19.6. The summed E-state index contributed by atoms with van der Waals surface area (Å²) in [4.78, 5) is 29.6. The second kappa shape index (κ2) is 9.96. The van der Waals surface area contributed by atoms with Gasteiger partial charge in [0.1, 0.15) is 0 Å². The van der Waals surface area contributed by atoms with E-state index in [4.69, 9.17) is 4.74 Å². The van der Waals surface area contributed by atoms with E-state index in [1.165, 1.54) is 39.9 Å². The lowest BCUT2D eigenvalue weighted by molar-refractivity contribution is -0.149. The quantitative estimate of drug-likeness (QED) is 0.368. The van der Waals surface area contributed by atoms with Crippen molar-refractivity contribution >= 4 is 59.4 Å². The fourth-order valence-electron chi connectivity index (χ4n) is 4.42. The molecule has 1 atom stereocenters. The van der Waals surface area contributed by atoms with Crippen molar-refractivity contribution in [1.82, 2.24) is 9.29 Å². The van der Waals surface area contributed by atoms with Crippen molar-refractivity contribution in [2.24, 2.45) is 5.92 Å². The Morgan fingerprint density at radius 1 is 1.11 bits per heavy atom. The number of piperidine rings is 1. The number of anilines is 1. The second-order valence-corrected chi connectivity index (χ2v) is 11.6. The van der Waals surface area contributed by atoms with Crippen LogP contribution < -0.4 is 5.32 Å². The number of carbonyl (C=O) groups excluding carboxylic acids is 2. The summed E-state index contributed by atoms with van der Waals surface area (Å²) in [7, 11) is -3.80. The minimum Gasteiger partial charge on any atom is -0.466 e. The highest BCUT2D eigenvalue weighted by Crippen LogP contribution is 2.32. The van der Waals surface area contributed by atoms with Gasteiger partial charge in [-0.15, -0.1) is 0 Å². The van der Waals surface area contributed by atoms with Gasteiger partial charge in [0, 0.05) is 24.0 Å². The first-order valence-corrected chi connectivity index (χ1v) is 14.0. The molecule has 1 saturated heterocycles. The smallest absolute Gasteiger partial charge is 0.310 e. The minimum absolute atomic E-state index is 0.0787. The molecule has 1 N–H and O–H groups in total. The van der Waals surface area contributed by atoms with Crippen LogP contribution in [-0.4, -0.2) is 49.3 Å². The second-order valence-electron chi connectivity index (χ2n) is 8.59. The summed E-state index contributed by atoms with van der Waals surface area (Å²) in [6.45, 7) is 2.42. The van der Waals surface area contributed by atoms with E-state index in [2.05, 4.69) is 10.3 Å². The molecule has 0 radical (unpaired) electrons. The number of nitrogens with zero attached hydrogens (tertiary/aromatic N) is 2. The van der Waals surface area contributed by atoms with Crippen LogP contribution in [0.4, 0.5) is 5.13 Å². The Bertz CT molecular complexity index is 1550. The number of sulfonamides is 1. The maximum Gasteiger partial charge on any atom is 0.310 e. The first-order chi connectivity index (χ1) is 17.4. The van der Waals surface area contributed by atoms with Crippen molar-refractivity contribution in [3.8, 4) is 0 Å². The molecular weight excluding hydrogens is 498 g/mol. The molecule has 1 amide bonds. The van der Waals surface area contributed by atoms with Crippen molar-refractivity contribution in [2.45, 2.75) is 24.7 Å². The molecule has 1 fully saturated rings. The molecule has 1 aliphatic heterocycles. The van der Waals surface area contributed by atoms with Gasteiger partial charge in [-0.3, -0.25) is 14.9 Å². The number of ether oxygens (including phenoxy) is 1. The number of fused-ring (bicyclic) bond motifs is 3. The molecule has 186 valence electrons. The maximum absolute atomic E-state index is 13.2. The maximum atomic E-state index is 13.2. The molecule has 10 heteroatoms. The third-order valence-electron chi connectivity index (χ3n) is 6.26. The monoisotopic (exact) mass is 523 g/mol. The summed E-state index contributed by atoms with van der Waals surface area (Å²) >= 11 is 1.38. The lowest BCUT2D eigenvalue weighted by Crippen LogP contribution is -2.42. The minimum atomic E-state index is -3.80. The predicted octanol–water partition coefficient (Wildman–Crippen LogP) is 4.67. The molecule has 1 aliphatic rings. The average molecular weight is 524 g/mol. The Balaban J connectivity index is 1.31. The van der Waals surface area contributed by atoms with Crippen LogP contribution >= 0.6 is 11.3 Å². The molecule has 0 bridgehead atoms. The molecule has 1 unspecified atom stereocenters. The normalized spacial score (nSPS) is 16.8. The van der Waals surface area contributed by atoms with Gasteiger partial charge in [0.2, 0.25) is 10.0 Å². The van der Waals surface area contributed by atoms with E-state index in [1.807, 2.05) is 36.4 Å². The molecule has 8 nitrogen and oxygen atoms in total. The molecule has 0 spiro atoms. The zero-order valence-corrected chi connectivity index (χ0v) is 21.3. The van der Waals surface area contributed by atoms with Crippen LogP contribution in [0.2, 0.25) is 0 Å². The molecule has 4 aromatic rings. The SMILES string of the molecule is CCOC(=O)C1CCCN(S(=O)(=O)c2ccc(C(=O)Nc3nc4c(ccc5ccccc54)s3)cc2)C1. The standard InChI is InChI=1S/C26H25N3O5S2/c1-2-34-25(31)19-7-5-15-29(16-19)36(32,33)20-12-9-18(10-13-20)24(30)28-26-27-23-21-8-4-3-6-17(21)11-14-22(23)35-26/h3-4,6,8-14,19H,2,5,7,15-16H2,1H3,(H,27,28,30). The molecule has 36 heavy (non-hydrogen) atoms. The first kappa shape index (κ1) is 24.4. The predicted molar refractivity (Wildman–Crippen MR) is 140 cm³/mol. The van der Waals surface area contributed by atoms with E-state index in [0.717, 1.165) is 21.0 Å². The van der Waals surface area contributed by atoms with Crippen LogP contribution in [-0.2, 0) is 19.6 Å². The van der Waals surface area contributed by atoms with Crippen LogP contribution in [0, 0.1) is 5.92 Å². The number of amides is 1. The van der Waals surface area contributed by atoms with Crippen molar-refractivity contribution in [1.29, 1.82) is 0 Å². The third kappa shape index (κ3) is 4.71. The van der Waals surface area contributed by atoms with Crippen LogP contribution in [0.5, 0.6) is 0 Å². The zero-order chi connectivity index (χ0) is 25.3. The van der Waals surface area contributed by atoms with Gasteiger partial charge in [-0.05, 0) is 55.5 Å². The van der Waals surface area contributed by atoms with Gasteiger partial charge >= 0.3 is 5.97 Å². The highest BCUT2D eigenvalue weighted by Gasteiger charge is 2.34. The summed E-state index contributed by atoms with van der Waals surface area (Å²) in [6.07, 6.45) is 1.19. The van der Waals surface area contributed by atoms with Gasteiger partial charge in [-0.25, -0.2) is 13.4 Å². The molecule has 3 aromatic carbocycles. The van der Waals surface area contributed by atoms with Gasteiger partial charge in [0.05, 0.1) is 27.6 Å². The molecule has 0 saturated carbocycles. The molecule has 1 aromatic heterocycles. The highest BCUT2D eigenvalue weighted by molar-refractivity contribution is 7.89. The number of hydrogen-bond acceptors (Lipinski definition) is 7. The fraction of sp³-hybridized carbons (Fsp3) is 0.269. The largest absolute Gasteiger partial charge is 0.466 e. The molecular formula is C26H25N3O5S2. The highest BCUT2D eigenvalue weighted by atomic mass is 32.2. The molecule has 0 aliphatic carbocycles. The van der Waals surface area contributed by atoms with Crippen LogP contribution in [0.15, 0.2) is 65.6 Å². The van der Waals surface area contributed by atoms with Crippen molar-refractivity contribution < 1.29 is 22.7 Å². The number of aromatic nitrogens is 1. The van der Waals surface area contributed by atoms with Gasteiger partial charge in [0.25, 0.3) is 5.91 Å². The van der Waals surface area contributed by atoms with E-state index >= 15 is 0 Å². The lowest BCUT2D eigenvalue weighted by atomic mass is 10.0. The van der Waals surface area contributed by atoms with Gasteiger partial charge in [-0.1, -0.05) is 41.7 Å². The first-order valence-electron chi connectivity index (χ1n) is 11.7. The average Bonchev–Trinajstić information content (AvgIpc) is 3.32. The van der Waals surface area contributed by atoms with Gasteiger partial charge in [0.15, 0.2) is 5.13 Å². The van der Waals surface area contributed by atoms with Crippen LogP contribution in [0.1, 0.15) is 30.1 Å². The van der Waals surface area contributed by atoms with Gasteiger partial charge in [-0.2, -0.15) is 4.31 Å². The summed E-state index contributed by atoms with van der Waals surface area (Å²) in [5.74, 6) is -1.21. The van der Waals surface area contributed by atoms with Crippen molar-refractivity contribution in [3.05, 3.63) is 66.2 Å². The van der Waals surface area contributed by atoms with E-state index in [9.17, 15) is 18.0 Å². The van der Waals surface area contributed by atoms with Crippen LogP contribution in [0.3, 0.4) is 0 Å². The van der Waals surface area contributed by atoms with Crippen molar-refractivity contribution in [2.75, 3.05) is 25.0 Å². The van der Waals surface area contributed by atoms with Crippen LogP contribution in [0.25, 0.3) is 21.0 Å². The lowest BCUT2D eigenvalue weighted by Gasteiger charge is -2.30. The van der Waals surface area contributed by atoms with E-state index < -0.39 is 15.9 Å². The summed E-state index contributed by atoms with van der Waals surface area (Å²) in [6, 6.07) is 17.8. The Morgan fingerprint density at radius 2 is 1.89 bits per heavy atom. The Kier molecular flexibility index (Phi) is 6.74. The van der Waals surface area contributed by atoms with E-state index in [1.54, 1.807) is 6.92 Å². The van der Waals surface area contributed by atoms with E-state index in [0.29, 0.717) is 30.1 Å². The number of rotatable bonds is 6. The summed E-state index contributed by atoms with van der Waals surface area (Å²) < 4.78 is 33.7. The Hall–Kier alpha value is -3.34. The van der Waals surface area contributed by atoms with E-state index in [-0.39, 0.29) is 29.9 Å². The summed E-state index contributed by atoms with van der Waals surface area (Å²) in [5.41, 5.74) is 1.15. The van der Waals surface area contributed by atoms with Gasteiger partial charge < -0.3 is 4.74 Å². The number of carbonyl (C=O) groups is 2. The molecule has 2 heterocycles. The number of thiazole rings is 1. The third-order valence-corrected chi connectivity index (χ3v) is 9.08. The summed E-state index contributed by atoms with van der Waals surface area (Å²) in [5, 5.41) is 5.39. The number of benzene rings is 3. The van der Waals surface area contributed by atoms with Crippen molar-refractivity contribution in [3.63, 3.8) is 0 Å². The molecule has 5 rings (SSSR count).